The van der Waals surface area contributed by atoms with Gasteiger partial charge in [-0.25, -0.2) is 8.42 Å². The molecule has 2 rings (SSSR count). The molecule has 110 valence electrons. The Hall–Kier alpha value is -0.880. The molecule has 0 N–H and O–H groups in total. The van der Waals surface area contributed by atoms with Crippen molar-refractivity contribution in [2.24, 2.45) is 5.92 Å². The minimum atomic E-state index is -2.91. The number of hydrogen-bond donors (Lipinski definition) is 0. The molecular formula is C14H18BrNO3S. The molecule has 1 aliphatic rings. The first-order chi connectivity index (χ1) is 9.35. The van der Waals surface area contributed by atoms with Gasteiger partial charge in [-0.3, -0.25) is 4.79 Å². The second-order valence-corrected chi connectivity index (χ2v) is 8.49. The molecule has 1 saturated heterocycles. The van der Waals surface area contributed by atoms with Gasteiger partial charge in [0.15, 0.2) is 9.84 Å². The van der Waals surface area contributed by atoms with E-state index in [4.69, 9.17) is 0 Å². The molecule has 0 bridgehead atoms. The van der Waals surface area contributed by atoms with Crippen LogP contribution in [-0.4, -0.2) is 37.8 Å². The van der Waals surface area contributed by atoms with Gasteiger partial charge in [-0.1, -0.05) is 28.1 Å². The maximum absolute atomic E-state index is 12.1. The molecule has 20 heavy (non-hydrogen) atoms. The van der Waals surface area contributed by atoms with Gasteiger partial charge in [0.05, 0.1) is 11.5 Å². The smallest absolute Gasteiger partial charge is 0.222 e. The average Bonchev–Trinajstić information content (AvgIpc) is 2.71. The lowest BCUT2D eigenvalue weighted by atomic mass is 10.0. The van der Waals surface area contributed by atoms with Crippen LogP contribution in [-0.2, 0) is 21.2 Å². The molecule has 0 saturated carbocycles. The molecule has 0 radical (unpaired) electrons. The van der Waals surface area contributed by atoms with Crippen LogP contribution < -0.4 is 0 Å². The highest BCUT2D eigenvalue weighted by molar-refractivity contribution is 9.10. The third-order valence-corrected chi connectivity index (χ3v) is 5.91. The van der Waals surface area contributed by atoms with Crippen LogP contribution in [0.4, 0.5) is 0 Å². The van der Waals surface area contributed by atoms with Gasteiger partial charge >= 0.3 is 0 Å². The summed E-state index contributed by atoms with van der Waals surface area (Å²) in [5.74, 6) is 0.376. The van der Waals surface area contributed by atoms with Crippen LogP contribution in [0.5, 0.6) is 0 Å². The molecule has 1 aromatic rings. The van der Waals surface area contributed by atoms with Crippen LogP contribution in [0.15, 0.2) is 28.7 Å². The first kappa shape index (κ1) is 15.5. The van der Waals surface area contributed by atoms with Crippen molar-refractivity contribution in [3.63, 3.8) is 0 Å². The number of benzene rings is 1. The summed E-state index contributed by atoms with van der Waals surface area (Å²) in [5, 5.41) is 0. The fourth-order valence-electron chi connectivity index (χ4n) is 2.39. The number of rotatable bonds is 4. The van der Waals surface area contributed by atoms with E-state index in [2.05, 4.69) is 15.9 Å². The highest BCUT2D eigenvalue weighted by Gasteiger charge is 2.30. The first-order valence-electron chi connectivity index (χ1n) is 6.54. The summed E-state index contributed by atoms with van der Waals surface area (Å²) in [5.41, 5.74) is 1.06. The van der Waals surface area contributed by atoms with Crippen LogP contribution >= 0.6 is 15.9 Å². The van der Waals surface area contributed by atoms with Gasteiger partial charge in [-0.05, 0) is 30.0 Å². The Morgan fingerprint density at radius 3 is 2.55 bits per heavy atom. The Bertz CT molecular complexity index is 583. The molecule has 6 heteroatoms. The number of nitrogens with zero attached hydrogens (tertiary/aromatic N) is 1. The lowest BCUT2D eigenvalue weighted by molar-refractivity contribution is -0.131. The molecule has 1 atom stereocenters. The number of carbonyl (C=O) groups excluding carboxylic acids is 1. The highest BCUT2D eigenvalue weighted by atomic mass is 79.9. The third kappa shape index (κ3) is 4.31. The third-order valence-electron chi connectivity index (χ3n) is 3.55. The van der Waals surface area contributed by atoms with Crippen molar-refractivity contribution in [2.45, 2.75) is 19.4 Å². The second kappa shape index (κ2) is 6.26. The molecule has 1 fully saturated rings. The second-order valence-electron chi connectivity index (χ2n) is 5.35. The summed E-state index contributed by atoms with van der Waals surface area (Å²) in [6, 6.07) is 7.82. The lowest BCUT2D eigenvalue weighted by Gasteiger charge is -2.19. The van der Waals surface area contributed by atoms with Gasteiger partial charge < -0.3 is 4.90 Å². The Morgan fingerprint density at radius 2 is 2.00 bits per heavy atom. The molecule has 0 aliphatic carbocycles. The Labute approximate surface area is 128 Å². The van der Waals surface area contributed by atoms with Crippen LogP contribution in [0, 0.1) is 5.92 Å². The van der Waals surface area contributed by atoms with E-state index in [1.807, 2.05) is 24.3 Å². The summed E-state index contributed by atoms with van der Waals surface area (Å²) >= 11 is 3.37. The monoisotopic (exact) mass is 359 g/mol. The zero-order chi connectivity index (χ0) is 14.8. The Balaban J connectivity index is 1.88. The number of amides is 1. The minimum Gasteiger partial charge on any atom is -0.341 e. The molecule has 1 amide bonds. The zero-order valence-electron chi connectivity index (χ0n) is 11.4. The van der Waals surface area contributed by atoms with Crippen molar-refractivity contribution in [3.05, 3.63) is 34.3 Å². The number of carbonyl (C=O) groups is 1. The largest absolute Gasteiger partial charge is 0.341 e. The van der Waals surface area contributed by atoms with Crippen molar-refractivity contribution < 1.29 is 13.2 Å². The summed E-state index contributed by atoms with van der Waals surface area (Å²) in [7, 11) is -1.15. The molecular weight excluding hydrogens is 342 g/mol. The maximum atomic E-state index is 12.1. The van der Waals surface area contributed by atoms with Crippen molar-refractivity contribution in [2.75, 3.05) is 18.6 Å². The quantitative estimate of drug-likeness (QED) is 0.828. The summed E-state index contributed by atoms with van der Waals surface area (Å²) in [6.45, 7) is 0.547. The number of sulfone groups is 1. The molecule has 4 nitrogen and oxygen atoms in total. The zero-order valence-corrected chi connectivity index (χ0v) is 13.8. The average molecular weight is 360 g/mol. The maximum Gasteiger partial charge on any atom is 0.222 e. The molecule has 1 aromatic carbocycles. The van der Waals surface area contributed by atoms with Crippen molar-refractivity contribution in [1.29, 1.82) is 0 Å². The first-order valence-corrected chi connectivity index (χ1v) is 9.16. The molecule has 1 heterocycles. The number of halogens is 1. The van der Waals surface area contributed by atoms with E-state index in [9.17, 15) is 13.2 Å². The van der Waals surface area contributed by atoms with Gasteiger partial charge in [-0.15, -0.1) is 0 Å². The summed E-state index contributed by atoms with van der Waals surface area (Å²) in [6.07, 6.45) is 0.937. The molecule has 1 aliphatic heterocycles. The lowest BCUT2D eigenvalue weighted by Crippen LogP contribution is -2.28. The fourth-order valence-corrected chi connectivity index (χ4v) is 4.51. The van der Waals surface area contributed by atoms with E-state index >= 15 is 0 Å². The van der Waals surface area contributed by atoms with Crippen LogP contribution in [0.3, 0.4) is 0 Å². The highest BCUT2D eigenvalue weighted by Crippen LogP contribution is 2.22. The molecule has 0 unspecified atom stereocenters. The molecule has 0 aromatic heterocycles. The van der Waals surface area contributed by atoms with E-state index in [-0.39, 0.29) is 23.3 Å². The number of hydrogen-bond acceptors (Lipinski definition) is 3. The van der Waals surface area contributed by atoms with Crippen LogP contribution in [0.2, 0.25) is 0 Å². The molecule has 0 spiro atoms. The Kier molecular flexibility index (Phi) is 4.86. The van der Waals surface area contributed by atoms with Crippen molar-refractivity contribution in [1.82, 2.24) is 4.90 Å². The summed E-state index contributed by atoms with van der Waals surface area (Å²) < 4.78 is 23.8. The van der Waals surface area contributed by atoms with Crippen LogP contribution in [0.1, 0.15) is 18.4 Å². The van der Waals surface area contributed by atoms with Gasteiger partial charge in [0.2, 0.25) is 5.91 Å². The van der Waals surface area contributed by atoms with Gasteiger partial charge in [0, 0.05) is 24.5 Å². The Morgan fingerprint density at radius 1 is 1.35 bits per heavy atom. The minimum absolute atomic E-state index is 0.00928. The standard InChI is InChI=1S/C14H18BrNO3S/c1-16(9-11-2-4-13(15)5-3-11)14(17)8-12-6-7-20(18,19)10-12/h2-5,12H,6-10H2,1H3/t12-/m1/s1. The van der Waals surface area contributed by atoms with Crippen molar-refractivity contribution in [3.8, 4) is 0 Å². The van der Waals surface area contributed by atoms with Gasteiger partial charge in [0.25, 0.3) is 0 Å². The van der Waals surface area contributed by atoms with Gasteiger partial charge in [-0.2, -0.15) is 0 Å². The normalized spacial score (nSPS) is 20.8. The van der Waals surface area contributed by atoms with Gasteiger partial charge in [0.1, 0.15) is 0 Å². The summed E-state index contributed by atoms with van der Waals surface area (Å²) in [4.78, 5) is 13.8. The van der Waals surface area contributed by atoms with E-state index in [0.29, 0.717) is 19.4 Å². The van der Waals surface area contributed by atoms with Crippen molar-refractivity contribution >= 4 is 31.7 Å². The predicted molar refractivity (Wildman–Crippen MR) is 82.0 cm³/mol. The SMILES string of the molecule is CN(Cc1ccc(Br)cc1)C(=O)C[C@H]1CCS(=O)(=O)C1. The predicted octanol–water partition coefficient (Wildman–Crippen LogP) is 2.23. The topological polar surface area (TPSA) is 54.5 Å². The van der Waals surface area contributed by atoms with E-state index in [0.717, 1.165) is 10.0 Å². The van der Waals surface area contributed by atoms with E-state index < -0.39 is 9.84 Å². The van der Waals surface area contributed by atoms with E-state index in [1.165, 1.54) is 0 Å². The van der Waals surface area contributed by atoms with Crippen LogP contribution in [0.25, 0.3) is 0 Å². The fraction of sp³-hybridized carbons (Fsp3) is 0.500. The van der Waals surface area contributed by atoms with E-state index in [1.54, 1.807) is 11.9 Å².